The zero-order valence-corrected chi connectivity index (χ0v) is 18.7. The molecule has 2 aromatic carbocycles. The molecule has 0 saturated carbocycles. The zero-order chi connectivity index (χ0) is 22.0. The van der Waals surface area contributed by atoms with Gasteiger partial charge in [-0.15, -0.1) is 0 Å². The monoisotopic (exact) mass is 436 g/mol. The van der Waals surface area contributed by atoms with Crippen molar-refractivity contribution in [1.82, 2.24) is 20.2 Å². The van der Waals surface area contributed by atoms with Crippen molar-refractivity contribution < 1.29 is 4.79 Å². The van der Waals surface area contributed by atoms with Crippen molar-refractivity contribution in [3.63, 3.8) is 0 Å². The number of aromatic amines is 2. The second kappa shape index (κ2) is 9.16. The lowest BCUT2D eigenvalue weighted by Gasteiger charge is -2.35. The van der Waals surface area contributed by atoms with Gasteiger partial charge in [-0.2, -0.15) is 0 Å². The molecule has 1 saturated heterocycles. The number of nitrogens with zero attached hydrogens (tertiary/aromatic N) is 1. The average molecular weight is 437 g/mol. The lowest BCUT2D eigenvalue weighted by atomic mass is 9.91. The van der Waals surface area contributed by atoms with E-state index in [-0.39, 0.29) is 16.2 Å². The molecule has 1 aliphatic heterocycles. The quantitative estimate of drug-likeness (QED) is 0.528. The lowest BCUT2D eigenvalue weighted by Crippen LogP contribution is -2.38. The highest BCUT2D eigenvalue weighted by Gasteiger charge is 2.22. The number of carbonyl (C=O) groups is 1. The van der Waals surface area contributed by atoms with Crippen LogP contribution in [0.1, 0.15) is 41.8 Å². The number of rotatable bonds is 5. The molecule has 3 aromatic rings. The standard InChI is InChI=1S/C24H28N4O2S/c1-15-9-16(2)13-28(12-15)14-19-6-4-3-5-18(19)11-25-22(29)17-7-8-20-21(10-17)26-24(31)27-23(20)30/h3-8,10,15-16H,9,11-14H2,1-2H3,(H,25,29)(H2,26,27,30,31). The van der Waals surface area contributed by atoms with Crippen LogP contribution in [0.5, 0.6) is 0 Å². The van der Waals surface area contributed by atoms with Crippen LogP contribution in [-0.2, 0) is 13.1 Å². The highest BCUT2D eigenvalue weighted by molar-refractivity contribution is 7.71. The summed E-state index contributed by atoms with van der Waals surface area (Å²) >= 11 is 5.03. The fourth-order valence-corrected chi connectivity index (χ4v) is 4.84. The van der Waals surface area contributed by atoms with E-state index < -0.39 is 0 Å². The Morgan fingerprint density at radius 3 is 2.55 bits per heavy atom. The van der Waals surface area contributed by atoms with E-state index >= 15 is 0 Å². The van der Waals surface area contributed by atoms with Gasteiger partial charge in [0.05, 0.1) is 10.9 Å². The van der Waals surface area contributed by atoms with Gasteiger partial charge in [0.2, 0.25) is 0 Å². The van der Waals surface area contributed by atoms with Crippen LogP contribution in [0.4, 0.5) is 0 Å². The van der Waals surface area contributed by atoms with Crippen molar-refractivity contribution in [2.24, 2.45) is 11.8 Å². The summed E-state index contributed by atoms with van der Waals surface area (Å²) in [7, 11) is 0. The van der Waals surface area contributed by atoms with Crippen LogP contribution < -0.4 is 10.9 Å². The number of piperidine rings is 1. The third-order valence-corrected chi connectivity index (χ3v) is 6.10. The fourth-order valence-electron chi connectivity index (χ4n) is 4.63. The summed E-state index contributed by atoms with van der Waals surface area (Å²) < 4.78 is 0.241. The summed E-state index contributed by atoms with van der Waals surface area (Å²) in [6.07, 6.45) is 1.29. The molecule has 3 N–H and O–H groups in total. The van der Waals surface area contributed by atoms with E-state index in [0.717, 1.165) is 25.2 Å². The molecule has 2 atom stereocenters. The number of carbonyl (C=O) groups excluding carboxylic acids is 1. The van der Waals surface area contributed by atoms with Gasteiger partial charge in [0.1, 0.15) is 0 Å². The molecular formula is C24H28N4O2S. The largest absolute Gasteiger partial charge is 0.348 e. The number of hydrogen-bond acceptors (Lipinski definition) is 4. The van der Waals surface area contributed by atoms with Crippen LogP contribution in [0, 0.1) is 16.6 Å². The minimum absolute atomic E-state index is 0.184. The van der Waals surface area contributed by atoms with E-state index in [1.165, 1.54) is 12.0 Å². The van der Waals surface area contributed by atoms with E-state index in [1.54, 1.807) is 18.2 Å². The molecular weight excluding hydrogens is 408 g/mol. The topological polar surface area (TPSA) is 81.0 Å². The normalized spacial score (nSPS) is 19.4. The van der Waals surface area contributed by atoms with E-state index in [1.807, 2.05) is 6.07 Å². The summed E-state index contributed by atoms with van der Waals surface area (Å²) in [6, 6.07) is 13.2. The highest BCUT2D eigenvalue weighted by Crippen LogP contribution is 2.23. The summed E-state index contributed by atoms with van der Waals surface area (Å²) in [6.45, 7) is 8.22. The first kappa shape index (κ1) is 21.5. The Bertz CT molecular complexity index is 1210. The van der Waals surface area contributed by atoms with E-state index in [4.69, 9.17) is 12.2 Å². The molecule has 0 aliphatic carbocycles. The van der Waals surface area contributed by atoms with Crippen LogP contribution >= 0.6 is 12.2 Å². The number of nitrogens with one attached hydrogen (secondary N) is 3. The number of hydrogen-bond donors (Lipinski definition) is 3. The lowest BCUT2D eigenvalue weighted by molar-refractivity contribution is 0.0950. The van der Waals surface area contributed by atoms with Crippen molar-refractivity contribution >= 4 is 29.0 Å². The molecule has 1 aliphatic rings. The average Bonchev–Trinajstić information content (AvgIpc) is 2.71. The number of benzene rings is 2. The first-order valence-corrected chi connectivity index (χ1v) is 11.1. The van der Waals surface area contributed by atoms with Crippen molar-refractivity contribution in [1.29, 1.82) is 0 Å². The summed E-state index contributed by atoms with van der Waals surface area (Å²) in [4.78, 5) is 32.8. The van der Waals surface area contributed by atoms with Gasteiger partial charge in [-0.05, 0) is 59.8 Å². The van der Waals surface area contributed by atoms with Gasteiger partial charge in [-0.3, -0.25) is 19.5 Å². The molecule has 4 rings (SSSR count). The number of amides is 1. The highest BCUT2D eigenvalue weighted by atomic mass is 32.1. The molecule has 1 aromatic heterocycles. The molecule has 162 valence electrons. The van der Waals surface area contributed by atoms with Crippen LogP contribution in [0.25, 0.3) is 10.9 Å². The first-order valence-electron chi connectivity index (χ1n) is 10.7. The molecule has 0 radical (unpaired) electrons. The van der Waals surface area contributed by atoms with E-state index in [9.17, 15) is 9.59 Å². The summed E-state index contributed by atoms with van der Waals surface area (Å²) in [5.41, 5.74) is 3.15. The number of likely N-dealkylation sites (tertiary alicyclic amines) is 1. The number of H-pyrrole nitrogens is 2. The Balaban J connectivity index is 1.47. The Morgan fingerprint density at radius 2 is 1.81 bits per heavy atom. The molecule has 1 fully saturated rings. The zero-order valence-electron chi connectivity index (χ0n) is 17.9. The van der Waals surface area contributed by atoms with Crippen molar-refractivity contribution in [3.8, 4) is 0 Å². The van der Waals surface area contributed by atoms with Crippen molar-refractivity contribution in [2.45, 2.75) is 33.4 Å². The van der Waals surface area contributed by atoms with Crippen LogP contribution in [0.3, 0.4) is 0 Å². The molecule has 0 bridgehead atoms. The van der Waals surface area contributed by atoms with Crippen LogP contribution in [-0.4, -0.2) is 33.9 Å². The third kappa shape index (κ3) is 5.11. The van der Waals surface area contributed by atoms with E-state index in [2.05, 4.69) is 52.2 Å². The van der Waals surface area contributed by atoms with Gasteiger partial charge in [0.25, 0.3) is 11.5 Å². The first-order chi connectivity index (χ1) is 14.9. The second-order valence-corrected chi connectivity index (χ2v) is 9.17. The number of fused-ring (bicyclic) bond motifs is 1. The summed E-state index contributed by atoms with van der Waals surface area (Å²) in [5.74, 6) is 1.24. The van der Waals surface area contributed by atoms with Crippen LogP contribution in [0.2, 0.25) is 0 Å². The maximum absolute atomic E-state index is 12.8. The maximum atomic E-state index is 12.8. The molecule has 31 heavy (non-hydrogen) atoms. The minimum atomic E-state index is -0.263. The Hall–Kier alpha value is -2.77. The Kier molecular flexibility index (Phi) is 6.34. The van der Waals surface area contributed by atoms with Crippen LogP contribution in [0.15, 0.2) is 47.3 Å². The molecule has 6 nitrogen and oxygen atoms in total. The Labute approximate surface area is 186 Å². The SMILES string of the molecule is CC1CC(C)CN(Cc2ccccc2CNC(=O)c2ccc3c(=O)[nH]c(=S)[nH]c3c2)C1. The van der Waals surface area contributed by atoms with Gasteiger partial charge in [0.15, 0.2) is 4.77 Å². The van der Waals surface area contributed by atoms with Gasteiger partial charge in [0, 0.05) is 31.7 Å². The van der Waals surface area contributed by atoms with Crippen molar-refractivity contribution in [2.75, 3.05) is 13.1 Å². The third-order valence-electron chi connectivity index (χ3n) is 5.90. The number of aromatic nitrogens is 2. The molecule has 2 unspecified atom stereocenters. The minimum Gasteiger partial charge on any atom is -0.348 e. The van der Waals surface area contributed by atoms with Crippen molar-refractivity contribution in [3.05, 3.63) is 74.3 Å². The Morgan fingerprint density at radius 1 is 1.10 bits per heavy atom. The molecule has 7 heteroatoms. The van der Waals surface area contributed by atoms with Gasteiger partial charge in [-0.25, -0.2) is 0 Å². The van der Waals surface area contributed by atoms with Gasteiger partial charge in [-0.1, -0.05) is 38.1 Å². The predicted octanol–water partition coefficient (Wildman–Crippen LogP) is 3.99. The molecule has 1 amide bonds. The molecule has 0 spiro atoms. The van der Waals surface area contributed by atoms with Gasteiger partial charge < -0.3 is 10.3 Å². The fraction of sp³-hybridized carbons (Fsp3) is 0.375. The molecule has 2 heterocycles. The predicted molar refractivity (Wildman–Crippen MR) is 126 cm³/mol. The smallest absolute Gasteiger partial charge is 0.259 e. The summed E-state index contributed by atoms with van der Waals surface area (Å²) in [5, 5.41) is 3.49. The van der Waals surface area contributed by atoms with Gasteiger partial charge >= 0.3 is 0 Å². The van der Waals surface area contributed by atoms with E-state index in [0.29, 0.717) is 34.8 Å². The second-order valence-electron chi connectivity index (χ2n) is 8.76. The maximum Gasteiger partial charge on any atom is 0.259 e.